The Balaban J connectivity index is 0.00000280. The number of benzene rings is 2. The van der Waals surface area contributed by atoms with Gasteiger partial charge in [0.05, 0.1) is 6.54 Å². The van der Waals surface area contributed by atoms with Gasteiger partial charge in [-0.25, -0.2) is 0 Å². The normalized spacial score (nSPS) is 13.8. The van der Waals surface area contributed by atoms with Crippen molar-refractivity contribution in [3.63, 3.8) is 0 Å². The number of hydrogen-bond acceptors (Lipinski definition) is 3. The topological polar surface area (TPSA) is 66.0 Å². The molecule has 1 saturated heterocycles. The van der Waals surface area contributed by atoms with E-state index in [1.54, 1.807) is 7.05 Å². The van der Waals surface area contributed by atoms with E-state index in [4.69, 9.17) is 4.74 Å². The van der Waals surface area contributed by atoms with Crippen LogP contribution in [0.4, 0.5) is 5.69 Å². The SMILES string of the molecule is CN=C(NCCOc1ccccc1)NCc1ccc(N2CCCC2=O)cc1.I. The molecule has 0 saturated carbocycles. The summed E-state index contributed by atoms with van der Waals surface area (Å²) >= 11 is 0. The number of carbonyl (C=O) groups excluding carboxylic acids is 1. The maximum atomic E-state index is 11.8. The minimum absolute atomic E-state index is 0. The third-order valence-electron chi connectivity index (χ3n) is 4.41. The fourth-order valence-electron chi connectivity index (χ4n) is 2.98. The molecule has 1 fully saturated rings. The van der Waals surface area contributed by atoms with Crippen molar-refractivity contribution in [1.29, 1.82) is 0 Å². The summed E-state index contributed by atoms with van der Waals surface area (Å²) in [5.74, 6) is 1.80. The lowest BCUT2D eigenvalue weighted by Gasteiger charge is -2.16. The van der Waals surface area contributed by atoms with Crippen molar-refractivity contribution in [3.05, 3.63) is 60.2 Å². The number of halogens is 1. The molecule has 2 N–H and O–H groups in total. The standard InChI is InChI=1S/C21H26N4O2.HI/c1-22-21(23-13-15-27-19-6-3-2-4-7-19)24-16-17-9-11-18(12-10-17)25-14-5-8-20(25)26;/h2-4,6-7,9-12H,5,8,13-16H2,1H3,(H2,22,23,24);1H. The molecule has 2 aromatic rings. The van der Waals surface area contributed by atoms with Crippen molar-refractivity contribution in [3.8, 4) is 5.75 Å². The lowest BCUT2D eigenvalue weighted by molar-refractivity contribution is -0.117. The van der Waals surface area contributed by atoms with Gasteiger partial charge in [-0.15, -0.1) is 24.0 Å². The first-order chi connectivity index (χ1) is 13.3. The second-order valence-electron chi connectivity index (χ2n) is 6.33. The van der Waals surface area contributed by atoms with Crippen molar-refractivity contribution in [2.24, 2.45) is 4.99 Å². The molecule has 1 heterocycles. The van der Waals surface area contributed by atoms with Crippen LogP contribution in [-0.4, -0.2) is 38.6 Å². The molecule has 1 aliphatic heterocycles. The van der Waals surface area contributed by atoms with Gasteiger partial charge >= 0.3 is 0 Å². The average Bonchev–Trinajstić information content (AvgIpc) is 3.14. The van der Waals surface area contributed by atoms with Crippen LogP contribution < -0.4 is 20.3 Å². The zero-order valence-corrected chi connectivity index (χ0v) is 18.4. The van der Waals surface area contributed by atoms with Gasteiger partial charge in [0.1, 0.15) is 12.4 Å². The molecule has 0 spiro atoms. The smallest absolute Gasteiger partial charge is 0.227 e. The lowest BCUT2D eigenvalue weighted by Crippen LogP contribution is -2.38. The number of aliphatic imine (C=N–C) groups is 1. The number of amides is 1. The molecular formula is C21H27IN4O2. The van der Waals surface area contributed by atoms with E-state index in [9.17, 15) is 4.79 Å². The van der Waals surface area contributed by atoms with E-state index in [0.29, 0.717) is 26.1 Å². The Labute approximate surface area is 183 Å². The number of ether oxygens (including phenoxy) is 1. The Kier molecular flexibility index (Phi) is 9.06. The van der Waals surface area contributed by atoms with E-state index in [1.807, 2.05) is 59.5 Å². The van der Waals surface area contributed by atoms with E-state index >= 15 is 0 Å². The summed E-state index contributed by atoms with van der Waals surface area (Å²) in [6.07, 6.45) is 1.59. The Hall–Kier alpha value is -2.29. The van der Waals surface area contributed by atoms with E-state index < -0.39 is 0 Å². The number of hydrogen-bond donors (Lipinski definition) is 2. The van der Waals surface area contributed by atoms with E-state index in [2.05, 4.69) is 15.6 Å². The minimum atomic E-state index is 0. The predicted octanol–water partition coefficient (Wildman–Crippen LogP) is 3.18. The molecule has 0 bridgehead atoms. The highest BCUT2D eigenvalue weighted by molar-refractivity contribution is 14.0. The van der Waals surface area contributed by atoms with Crippen molar-refractivity contribution < 1.29 is 9.53 Å². The van der Waals surface area contributed by atoms with Crippen LogP contribution >= 0.6 is 24.0 Å². The first-order valence-corrected chi connectivity index (χ1v) is 9.28. The summed E-state index contributed by atoms with van der Waals surface area (Å²) < 4.78 is 5.66. The fraction of sp³-hybridized carbons (Fsp3) is 0.333. The Morgan fingerprint density at radius 1 is 1.11 bits per heavy atom. The van der Waals surface area contributed by atoms with Gasteiger partial charge in [-0.05, 0) is 36.2 Å². The molecule has 2 aromatic carbocycles. The zero-order valence-electron chi connectivity index (χ0n) is 16.1. The fourth-order valence-corrected chi connectivity index (χ4v) is 2.98. The molecule has 3 rings (SSSR count). The maximum Gasteiger partial charge on any atom is 0.227 e. The highest BCUT2D eigenvalue weighted by atomic mass is 127. The number of nitrogens with zero attached hydrogens (tertiary/aromatic N) is 2. The van der Waals surface area contributed by atoms with Crippen LogP contribution in [-0.2, 0) is 11.3 Å². The molecule has 6 nitrogen and oxygen atoms in total. The first kappa shape index (κ1) is 22.0. The highest BCUT2D eigenvalue weighted by Gasteiger charge is 2.21. The van der Waals surface area contributed by atoms with E-state index in [1.165, 1.54) is 0 Å². The van der Waals surface area contributed by atoms with E-state index in [0.717, 1.165) is 35.9 Å². The quantitative estimate of drug-likeness (QED) is 0.269. The zero-order chi connectivity index (χ0) is 18.9. The molecule has 1 aliphatic rings. The van der Waals surface area contributed by atoms with Crippen LogP contribution in [0, 0.1) is 0 Å². The maximum absolute atomic E-state index is 11.8. The van der Waals surface area contributed by atoms with E-state index in [-0.39, 0.29) is 29.9 Å². The van der Waals surface area contributed by atoms with Gasteiger partial charge < -0.3 is 20.3 Å². The summed E-state index contributed by atoms with van der Waals surface area (Å²) in [7, 11) is 1.75. The number of carbonyl (C=O) groups is 1. The lowest BCUT2D eigenvalue weighted by atomic mass is 10.2. The summed E-state index contributed by atoms with van der Waals surface area (Å²) in [4.78, 5) is 17.9. The summed E-state index contributed by atoms with van der Waals surface area (Å²) in [5.41, 5.74) is 2.11. The van der Waals surface area contributed by atoms with Crippen LogP contribution in [0.3, 0.4) is 0 Å². The molecule has 0 unspecified atom stereocenters. The number of anilines is 1. The van der Waals surface area contributed by atoms with Gasteiger partial charge in [-0.3, -0.25) is 9.79 Å². The molecule has 28 heavy (non-hydrogen) atoms. The van der Waals surface area contributed by atoms with Crippen LogP contribution in [0.25, 0.3) is 0 Å². The van der Waals surface area contributed by atoms with Crippen LogP contribution in [0.2, 0.25) is 0 Å². The molecule has 0 radical (unpaired) electrons. The monoisotopic (exact) mass is 494 g/mol. The number of rotatable bonds is 7. The number of para-hydroxylation sites is 1. The van der Waals surface area contributed by atoms with Gasteiger partial charge in [0.25, 0.3) is 0 Å². The molecule has 7 heteroatoms. The molecule has 0 aliphatic carbocycles. The van der Waals surface area contributed by atoms with Gasteiger partial charge in [0.15, 0.2) is 5.96 Å². The second kappa shape index (κ2) is 11.5. The van der Waals surface area contributed by atoms with Gasteiger partial charge in [0.2, 0.25) is 5.91 Å². The average molecular weight is 494 g/mol. The number of nitrogens with one attached hydrogen (secondary N) is 2. The van der Waals surface area contributed by atoms with Crippen molar-refractivity contribution in [2.45, 2.75) is 19.4 Å². The summed E-state index contributed by atoms with van der Waals surface area (Å²) in [6, 6.07) is 17.8. The van der Waals surface area contributed by atoms with Crippen molar-refractivity contribution >= 4 is 41.5 Å². The Morgan fingerprint density at radius 2 is 1.86 bits per heavy atom. The molecule has 1 amide bonds. The van der Waals surface area contributed by atoms with Crippen molar-refractivity contribution in [2.75, 3.05) is 31.6 Å². The number of guanidine groups is 1. The van der Waals surface area contributed by atoms with Crippen LogP contribution in [0.1, 0.15) is 18.4 Å². The second-order valence-corrected chi connectivity index (χ2v) is 6.33. The summed E-state index contributed by atoms with van der Waals surface area (Å²) in [5, 5.41) is 6.52. The van der Waals surface area contributed by atoms with Crippen LogP contribution in [0.15, 0.2) is 59.6 Å². The van der Waals surface area contributed by atoms with Gasteiger partial charge in [-0.2, -0.15) is 0 Å². The van der Waals surface area contributed by atoms with Crippen LogP contribution in [0.5, 0.6) is 5.75 Å². The molecule has 0 atom stereocenters. The highest BCUT2D eigenvalue weighted by Crippen LogP contribution is 2.21. The first-order valence-electron chi connectivity index (χ1n) is 9.28. The summed E-state index contributed by atoms with van der Waals surface area (Å²) in [6.45, 7) is 2.69. The van der Waals surface area contributed by atoms with Crippen molar-refractivity contribution in [1.82, 2.24) is 10.6 Å². The Bertz CT molecular complexity index is 766. The molecule has 0 aromatic heterocycles. The predicted molar refractivity (Wildman–Crippen MR) is 124 cm³/mol. The molecular weight excluding hydrogens is 467 g/mol. The van der Waals surface area contributed by atoms with Gasteiger partial charge in [0, 0.05) is 32.2 Å². The third-order valence-corrected chi connectivity index (χ3v) is 4.41. The molecule has 150 valence electrons. The Morgan fingerprint density at radius 3 is 2.50 bits per heavy atom. The third kappa shape index (κ3) is 6.40. The largest absolute Gasteiger partial charge is 0.492 e. The minimum Gasteiger partial charge on any atom is -0.492 e. The van der Waals surface area contributed by atoms with Gasteiger partial charge in [-0.1, -0.05) is 30.3 Å².